The van der Waals surface area contributed by atoms with Crippen LogP contribution in [0.15, 0.2) is 23.7 Å². The van der Waals surface area contributed by atoms with E-state index in [1.54, 1.807) is 23.6 Å². The molecule has 19 heavy (non-hydrogen) atoms. The molecule has 2 aromatic heterocycles. The number of thiophene rings is 1. The molecule has 4 nitrogen and oxygen atoms in total. The van der Waals surface area contributed by atoms with Crippen molar-refractivity contribution >= 4 is 23.0 Å². The molecule has 0 bridgehead atoms. The molecule has 2 aromatic rings. The van der Waals surface area contributed by atoms with Crippen LogP contribution in [0.5, 0.6) is 0 Å². The van der Waals surface area contributed by atoms with Crippen molar-refractivity contribution in [3.05, 3.63) is 45.4 Å². The van der Waals surface area contributed by atoms with Crippen molar-refractivity contribution in [3.63, 3.8) is 0 Å². The number of carbonyl (C=O) groups excluding carboxylic acids is 2. The average molecular weight is 274 g/mol. The number of H-pyrrole nitrogens is 1. The maximum Gasteiger partial charge on any atom is 0.270 e. The summed E-state index contributed by atoms with van der Waals surface area (Å²) in [5, 5.41) is 2.07. The van der Waals surface area contributed by atoms with Gasteiger partial charge in [0.15, 0.2) is 5.78 Å². The number of hydrogen-bond acceptors (Lipinski definition) is 3. The number of amides is 1. The van der Waals surface area contributed by atoms with Gasteiger partial charge in [0.2, 0.25) is 0 Å². The smallest absolute Gasteiger partial charge is 0.270 e. The highest BCUT2D eigenvalue weighted by Gasteiger charge is 2.23. The number of aromatic amines is 1. The fourth-order valence-corrected chi connectivity index (χ4v) is 3.20. The van der Waals surface area contributed by atoms with E-state index in [1.165, 1.54) is 17.4 Å². The first-order chi connectivity index (χ1) is 9.15. The number of carbonyl (C=O) groups is 2. The van der Waals surface area contributed by atoms with Crippen LogP contribution in [-0.2, 0) is 13.0 Å². The molecule has 1 aliphatic heterocycles. The summed E-state index contributed by atoms with van der Waals surface area (Å²) in [4.78, 5) is 29.7. The number of nitrogens with zero attached hydrogens (tertiary/aromatic N) is 1. The lowest BCUT2D eigenvalue weighted by Crippen LogP contribution is -2.35. The summed E-state index contributed by atoms with van der Waals surface area (Å²) < 4.78 is 0. The monoisotopic (exact) mass is 274 g/mol. The van der Waals surface area contributed by atoms with E-state index < -0.39 is 0 Å². The second-order valence-electron chi connectivity index (χ2n) is 4.70. The van der Waals surface area contributed by atoms with Gasteiger partial charge in [0, 0.05) is 29.7 Å². The number of ketones is 1. The Morgan fingerprint density at radius 1 is 1.42 bits per heavy atom. The largest absolute Gasteiger partial charge is 0.356 e. The molecule has 3 heterocycles. The Kier molecular flexibility index (Phi) is 2.98. The SMILES string of the molecule is CC(=O)c1c[nH]c(C(=O)N2CCc3sccc3C2)c1. The van der Waals surface area contributed by atoms with E-state index in [0.29, 0.717) is 17.8 Å². The molecule has 0 unspecified atom stereocenters. The number of aromatic nitrogens is 1. The minimum Gasteiger partial charge on any atom is -0.356 e. The number of fused-ring (bicyclic) bond motifs is 1. The zero-order chi connectivity index (χ0) is 13.4. The molecule has 0 saturated heterocycles. The van der Waals surface area contributed by atoms with Crippen LogP contribution in [0.2, 0.25) is 0 Å². The van der Waals surface area contributed by atoms with Gasteiger partial charge in [0.05, 0.1) is 0 Å². The van der Waals surface area contributed by atoms with Gasteiger partial charge >= 0.3 is 0 Å². The fraction of sp³-hybridized carbons (Fsp3) is 0.286. The first kappa shape index (κ1) is 12.2. The molecule has 98 valence electrons. The highest BCUT2D eigenvalue weighted by Crippen LogP contribution is 2.24. The van der Waals surface area contributed by atoms with E-state index in [9.17, 15) is 9.59 Å². The molecule has 3 rings (SSSR count). The van der Waals surface area contributed by atoms with E-state index in [4.69, 9.17) is 0 Å². The molecule has 0 spiro atoms. The Balaban J connectivity index is 1.79. The Morgan fingerprint density at radius 3 is 3.00 bits per heavy atom. The van der Waals surface area contributed by atoms with Gasteiger partial charge in [-0.3, -0.25) is 9.59 Å². The van der Waals surface area contributed by atoms with Crippen LogP contribution < -0.4 is 0 Å². The molecule has 0 aliphatic carbocycles. The molecule has 0 saturated carbocycles. The van der Waals surface area contributed by atoms with Crippen molar-refractivity contribution in [2.24, 2.45) is 0 Å². The molecule has 1 aliphatic rings. The van der Waals surface area contributed by atoms with Gasteiger partial charge in [-0.25, -0.2) is 0 Å². The van der Waals surface area contributed by atoms with Crippen molar-refractivity contribution in [3.8, 4) is 0 Å². The second-order valence-corrected chi connectivity index (χ2v) is 5.70. The standard InChI is InChI=1S/C14H14N2O2S/c1-9(17)11-6-12(15-7-11)14(18)16-4-2-13-10(8-16)3-5-19-13/h3,5-7,15H,2,4,8H2,1H3. The third-order valence-electron chi connectivity index (χ3n) is 3.41. The molecular weight excluding hydrogens is 260 g/mol. The van der Waals surface area contributed by atoms with Gasteiger partial charge in [-0.2, -0.15) is 0 Å². The Bertz CT molecular complexity index is 641. The molecule has 0 fully saturated rings. The van der Waals surface area contributed by atoms with Crippen molar-refractivity contribution in [2.45, 2.75) is 19.9 Å². The zero-order valence-corrected chi connectivity index (χ0v) is 11.4. The van der Waals surface area contributed by atoms with Gasteiger partial charge in [0.1, 0.15) is 5.69 Å². The van der Waals surface area contributed by atoms with E-state index in [2.05, 4.69) is 16.4 Å². The van der Waals surface area contributed by atoms with Crippen molar-refractivity contribution < 1.29 is 9.59 Å². The maximum absolute atomic E-state index is 12.4. The van der Waals surface area contributed by atoms with Crippen LogP contribution in [0.1, 0.15) is 38.2 Å². The van der Waals surface area contributed by atoms with Gasteiger partial charge < -0.3 is 9.88 Å². The van der Waals surface area contributed by atoms with Crippen LogP contribution >= 0.6 is 11.3 Å². The second kappa shape index (κ2) is 4.66. The first-order valence-corrected chi connectivity index (χ1v) is 7.07. The molecule has 5 heteroatoms. The molecule has 1 N–H and O–H groups in total. The number of Topliss-reactive ketones (excluding diaryl/α,β-unsaturated/α-hetero) is 1. The van der Waals surface area contributed by atoms with E-state index in [0.717, 1.165) is 13.0 Å². The summed E-state index contributed by atoms with van der Waals surface area (Å²) in [6, 6.07) is 3.71. The van der Waals surface area contributed by atoms with E-state index >= 15 is 0 Å². The summed E-state index contributed by atoms with van der Waals surface area (Å²) in [6.07, 6.45) is 2.51. The normalized spacial score (nSPS) is 14.3. The summed E-state index contributed by atoms with van der Waals surface area (Å²) in [7, 11) is 0. The van der Waals surface area contributed by atoms with E-state index in [1.807, 2.05) is 4.90 Å². The van der Waals surface area contributed by atoms with Gasteiger partial charge in [-0.1, -0.05) is 0 Å². The number of nitrogens with one attached hydrogen (secondary N) is 1. The van der Waals surface area contributed by atoms with Crippen molar-refractivity contribution in [2.75, 3.05) is 6.54 Å². The zero-order valence-electron chi connectivity index (χ0n) is 10.6. The Morgan fingerprint density at radius 2 is 2.26 bits per heavy atom. The highest BCUT2D eigenvalue weighted by molar-refractivity contribution is 7.10. The highest BCUT2D eigenvalue weighted by atomic mass is 32.1. The molecule has 0 radical (unpaired) electrons. The maximum atomic E-state index is 12.4. The third kappa shape index (κ3) is 2.21. The third-order valence-corrected chi connectivity index (χ3v) is 4.44. The Labute approximate surface area is 115 Å². The lowest BCUT2D eigenvalue weighted by Gasteiger charge is -2.26. The van der Waals surface area contributed by atoms with E-state index in [-0.39, 0.29) is 11.7 Å². The van der Waals surface area contributed by atoms with Crippen LogP contribution in [-0.4, -0.2) is 28.1 Å². The average Bonchev–Trinajstić information content (AvgIpc) is 3.06. The first-order valence-electron chi connectivity index (χ1n) is 6.19. The molecule has 0 aromatic carbocycles. The fourth-order valence-electron chi connectivity index (χ4n) is 2.31. The van der Waals surface area contributed by atoms with Crippen LogP contribution in [0.25, 0.3) is 0 Å². The topological polar surface area (TPSA) is 53.2 Å². The predicted molar refractivity (Wildman–Crippen MR) is 73.6 cm³/mol. The lowest BCUT2D eigenvalue weighted by atomic mass is 10.1. The molecular formula is C14H14N2O2S. The van der Waals surface area contributed by atoms with Crippen LogP contribution in [0.3, 0.4) is 0 Å². The lowest BCUT2D eigenvalue weighted by molar-refractivity contribution is 0.0730. The van der Waals surface area contributed by atoms with Gasteiger partial charge in [-0.15, -0.1) is 11.3 Å². The predicted octanol–water partition coefficient (Wildman–Crippen LogP) is 2.48. The number of rotatable bonds is 2. The van der Waals surface area contributed by atoms with Crippen LogP contribution in [0, 0.1) is 0 Å². The van der Waals surface area contributed by atoms with Crippen molar-refractivity contribution in [1.82, 2.24) is 9.88 Å². The molecule has 0 atom stereocenters. The molecule has 1 amide bonds. The van der Waals surface area contributed by atoms with Crippen molar-refractivity contribution in [1.29, 1.82) is 0 Å². The Hall–Kier alpha value is -1.88. The van der Waals surface area contributed by atoms with Gasteiger partial charge in [-0.05, 0) is 36.4 Å². The summed E-state index contributed by atoms with van der Waals surface area (Å²) in [5.41, 5.74) is 2.28. The minimum atomic E-state index is -0.0376. The van der Waals surface area contributed by atoms with Gasteiger partial charge in [0.25, 0.3) is 5.91 Å². The summed E-state index contributed by atoms with van der Waals surface area (Å²) in [5.74, 6) is -0.0709. The quantitative estimate of drug-likeness (QED) is 0.855. The number of hydrogen-bond donors (Lipinski definition) is 1. The summed E-state index contributed by atoms with van der Waals surface area (Å²) in [6.45, 7) is 2.89. The van der Waals surface area contributed by atoms with Crippen LogP contribution in [0.4, 0.5) is 0 Å². The minimum absolute atomic E-state index is 0.0333. The summed E-state index contributed by atoms with van der Waals surface area (Å²) >= 11 is 1.75.